The van der Waals surface area contributed by atoms with Gasteiger partial charge in [-0.25, -0.2) is 4.79 Å². The predicted molar refractivity (Wildman–Crippen MR) is 103 cm³/mol. The molecule has 1 unspecified atom stereocenters. The average molecular weight is 378 g/mol. The summed E-state index contributed by atoms with van der Waals surface area (Å²) in [5, 5.41) is 12.6. The number of hydrogen-bond acceptors (Lipinski definition) is 6. The number of rotatable bonds is 6. The van der Waals surface area contributed by atoms with Crippen molar-refractivity contribution in [1.82, 2.24) is 20.2 Å². The van der Waals surface area contributed by atoms with Crippen LogP contribution in [-0.4, -0.2) is 37.5 Å². The van der Waals surface area contributed by atoms with Gasteiger partial charge in [0.25, 0.3) is 0 Å². The van der Waals surface area contributed by atoms with E-state index in [1.54, 1.807) is 4.68 Å². The van der Waals surface area contributed by atoms with Gasteiger partial charge in [0, 0.05) is 0 Å². The first-order valence-corrected chi connectivity index (χ1v) is 9.47. The topological polar surface area (TPSA) is 69.9 Å². The van der Waals surface area contributed by atoms with E-state index in [9.17, 15) is 4.79 Å². The number of ether oxygens (including phenoxy) is 1. The highest BCUT2D eigenvalue weighted by molar-refractivity contribution is 8.02. The summed E-state index contributed by atoms with van der Waals surface area (Å²) in [7, 11) is 0. The molecule has 0 radical (unpaired) electrons. The van der Waals surface area contributed by atoms with E-state index < -0.39 is 4.75 Å². The summed E-state index contributed by atoms with van der Waals surface area (Å²) in [6.45, 7) is 4.09. The maximum Gasteiger partial charge on any atom is 0.331 e. The second-order valence-electron chi connectivity index (χ2n) is 6.08. The Kier molecular flexibility index (Phi) is 4.53. The fourth-order valence-electron chi connectivity index (χ4n) is 3.18. The van der Waals surface area contributed by atoms with Crippen LogP contribution in [0.3, 0.4) is 0 Å². The van der Waals surface area contributed by atoms with Gasteiger partial charge in [0.05, 0.1) is 12.3 Å². The van der Waals surface area contributed by atoms with Crippen molar-refractivity contribution in [3.05, 3.63) is 71.8 Å². The highest BCUT2D eigenvalue weighted by Crippen LogP contribution is 2.61. The predicted octanol–water partition coefficient (Wildman–Crippen LogP) is 3.54. The second kappa shape index (κ2) is 7.00. The maximum atomic E-state index is 12.9. The lowest BCUT2D eigenvalue weighted by Gasteiger charge is -2.17. The number of hydrogen-bond donors (Lipinski definition) is 0. The molecule has 1 atom stereocenters. The van der Waals surface area contributed by atoms with Crippen molar-refractivity contribution in [1.29, 1.82) is 0 Å². The molecule has 7 heteroatoms. The van der Waals surface area contributed by atoms with E-state index in [4.69, 9.17) is 4.74 Å². The fraction of sp³-hybridized carbons (Fsp3) is 0.200. The smallest absolute Gasteiger partial charge is 0.331 e. The number of para-hydroxylation sites is 1. The summed E-state index contributed by atoms with van der Waals surface area (Å²) in [5.74, 6) is -0.283. The van der Waals surface area contributed by atoms with E-state index in [1.807, 2.05) is 74.5 Å². The lowest BCUT2D eigenvalue weighted by atomic mass is 10.1. The summed E-state index contributed by atoms with van der Waals surface area (Å²) < 4.78 is 6.15. The van der Waals surface area contributed by atoms with E-state index in [0.717, 1.165) is 22.4 Å². The van der Waals surface area contributed by atoms with Gasteiger partial charge in [-0.05, 0) is 53.1 Å². The number of aromatic nitrogens is 4. The van der Waals surface area contributed by atoms with Gasteiger partial charge in [-0.1, -0.05) is 60.3 Å². The summed E-state index contributed by atoms with van der Waals surface area (Å²) in [5.41, 5.74) is 3.78. The van der Waals surface area contributed by atoms with Gasteiger partial charge in [0.1, 0.15) is 0 Å². The molecule has 0 bridgehead atoms. The van der Waals surface area contributed by atoms with E-state index in [-0.39, 0.29) is 5.97 Å². The first kappa shape index (κ1) is 17.5. The van der Waals surface area contributed by atoms with Gasteiger partial charge in [-0.3, -0.25) is 0 Å². The Bertz CT molecular complexity index is 1000. The monoisotopic (exact) mass is 378 g/mol. The molecule has 1 heterocycles. The van der Waals surface area contributed by atoms with Crippen LogP contribution in [-0.2, 0) is 9.53 Å². The van der Waals surface area contributed by atoms with Crippen LogP contribution in [0.4, 0.5) is 0 Å². The van der Waals surface area contributed by atoms with Crippen molar-refractivity contribution < 1.29 is 9.53 Å². The third kappa shape index (κ3) is 2.94. The number of carbonyl (C=O) groups excluding carboxylic acids is 1. The van der Waals surface area contributed by atoms with Crippen LogP contribution in [0.2, 0.25) is 0 Å². The van der Waals surface area contributed by atoms with Crippen molar-refractivity contribution in [3.8, 4) is 5.69 Å². The van der Waals surface area contributed by atoms with Crippen LogP contribution < -0.4 is 0 Å². The van der Waals surface area contributed by atoms with E-state index >= 15 is 0 Å². The third-order valence-corrected chi connectivity index (χ3v) is 5.92. The van der Waals surface area contributed by atoms with Gasteiger partial charge in [-0.2, -0.15) is 4.68 Å². The SMILES string of the molecule is CCOC(=O)C1(Sc2nnnn2-c2ccccc2)C(C)=C1c1ccccc1. The largest absolute Gasteiger partial charge is 0.464 e. The maximum absolute atomic E-state index is 12.9. The third-order valence-electron chi connectivity index (χ3n) is 4.50. The van der Waals surface area contributed by atoms with Crippen LogP contribution in [0.1, 0.15) is 19.4 Å². The Balaban J connectivity index is 1.72. The molecule has 1 aliphatic carbocycles. The standard InChI is InChI=1S/C20H18N4O2S/c1-3-26-18(25)20(14(2)17(20)15-10-6-4-7-11-15)27-19-21-22-23-24(19)16-12-8-5-9-13-16/h4-13H,3H2,1-2H3. The van der Waals surface area contributed by atoms with Gasteiger partial charge in [0.15, 0.2) is 4.75 Å². The first-order valence-electron chi connectivity index (χ1n) is 8.65. The Labute approximate surface area is 161 Å². The van der Waals surface area contributed by atoms with Crippen molar-refractivity contribution >= 4 is 23.3 Å². The van der Waals surface area contributed by atoms with E-state index in [1.165, 1.54) is 11.8 Å². The number of esters is 1. The van der Waals surface area contributed by atoms with Crippen LogP contribution in [0, 0.1) is 0 Å². The Morgan fingerprint density at radius 2 is 1.78 bits per heavy atom. The van der Waals surface area contributed by atoms with Crippen LogP contribution in [0.15, 0.2) is 71.4 Å². The number of carbonyl (C=O) groups is 1. The minimum atomic E-state index is -0.890. The van der Waals surface area contributed by atoms with Crippen LogP contribution in [0.25, 0.3) is 11.3 Å². The molecule has 2 aromatic carbocycles. The molecule has 136 valence electrons. The molecule has 1 aliphatic rings. The molecule has 6 nitrogen and oxygen atoms in total. The number of thioether (sulfide) groups is 1. The van der Waals surface area contributed by atoms with E-state index in [0.29, 0.717) is 11.8 Å². The van der Waals surface area contributed by atoms with Gasteiger partial charge in [0.2, 0.25) is 5.16 Å². The molecule has 0 saturated carbocycles. The van der Waals surface area contributed by atoms with Crippen LogP contribution >= 0.6 is 11.8 Å². The highest BCUT2D eigenvalue weighted by atomic mass is 32.2. The van der Waals surface area contributed by atoms with Gasteiger partial charge in [-0.15, -0.1) is 5.10 Å². The van der Waals surface area contributed by atoms with Crippen molar-refractivity contribution in [2.24, 2.45) is 0 Å². The summed E-state index contributed by atoms with van der Waals surface area (Å²) in [6, 6.07) is 19.5. The molecule has 0 spiro atoms. The van der Waals surface area contributed by atoms with Crippen molar-refractivity contribution in [2.45, 2.75) is 23.8 Å². The van der Waals surface area contributed by atoms with Gasteiger partial charge >= 0.3 is 5.97 Å². The minimum absolute atomic E-state index is 0.283. The zero-order valence-electron chi connectivity index (χ0n) is 15.0. The highest BCUT2D eigenvalue weighted by Gasteiger charge is 2.60. The zero-order chi connectivity index (χ0) is 18.9. The lowest BCUT2D eigenvalue weighted by molar-refractivity contribution is -0.142. The molecular weight excluding hydrogens is 360 g/mol. The molecule has 0 fully saturated rings. The molecule has 0 saturated heterocycles. The minimum Gasteiger partial charge on any atom is -0.464 e. The molecule has 4 rings (SSSR count). The number of nitrogens with zero attached hydrogens (tertiary/aromatic N) is 4. The first-order chi connectivity index (χ1) is 13.2. The normalized spacial score (nSPS) is 18.4. The Morgan fingerprint density at radius 3 is 2.44 bits per heavy atom. The lowest BCUT2D eigenvalue weighted by Crippen LogP contribution is -2.27. The molecule has 0 N–H and O–H groups in total. The summed E-state index contributed by atoms with van der Waals surface area (Å²) in [6.07, 6.45) is 0. The zero-order valence-corrected chi connectivity index (χ0v) is 15.8. The Morgan fingerprint density at radius 1 is 1.11 bits per heavy atom. The van der Waals surface area contributed by atoms with Gasteiger partial charge < -0.3 is 4.74 Å². The average Bonchev–Trinajstić information content (AvgIpc) is 3.05. The number of tetrazole rings is 1. The molecule has 3 aromatic rings. The molecular formula is C20H18N4O2S. The number of benzene rings is 2. The quantitative estimate of drug-likeness (QED) is 0.611. The molecule has 1 aromatic heterocycles. The summed E-state index contributed by atoms with van der Waals surface area (Å²) >= 11 is 1.32. The van der Waals surface area contributed by atoms with E-state index in [2.05, 4.69) is 15.5 Å². The Hall–Kier alpha value is -2.93. The fourth-order valence-corrected chi connectivity index (χ4v) is 4.47. The van der Waals surface area contributed by atoms with Crippen molar-refractivity contribution in [2.75, 3.05) is 6.61 Å². The van der Waals surface area contributed by atoms with Crippen LogP contribution in [0.5, 0.6) is 0 Å². The molecule has 0 aliphatic heterocycles. The second-order valence-corrected chi connectivity index (χ2v) is 7.26. The molecule has 27 heavy (non-hydrogen) atoms. The molecule has 0 amide bonds. The summed E-state index contributed by atoms with van der Waals surface area (Å²) in [4.78, 5) is 12.9. The van der Waals surface area contributed by atoms with Crippen molar-refractivity contribution in [3.63, 3.8) is 0 Å².